The second-order valence-corrected chi connectivity index (χ2v) is 3.90. The number of hydroxylamine groups is 2. The van der Waals surface area contributed by atoms with E-state index in [-0.39, 0.29) is 19.3 Å². The number of alkyl halides is 2. The maximum Gasteiger partial charge on any atom is 0.533 e. The molecule has 17 heavy (non-hydrogen) atoms. The van der Waals surface area contributed by atoms with Crippen molar-refractivity contribution in [3.63, 3.8) is 0 Å². The number of carbonyl (C=O) groups is 3. The summed E-state index contributed by atoms with van der Waals surface area (Å²) in [5.41, 5.74) is 0. The molecule has 0 aromatic rings. The van der Waals surface area contributed by atoms with Gasteiger partial charge < -0.3 is 4.74 Å². The Bertz CT molecular complexity index is 368. The molecule has 2 fully saturated rings. The van der Waals surface area contributed by atoms with Gasteiger partial charge in [0, 0.05) is 19.3 Å². The quantitative estimate of drug-likeness (QED) is 0.547. The molecule has 2 rings (SSSR count). The summed E-state index contributed by atoms with van der Waals surface area (Å²) in [4.78, 5) is 37.4. The molecule has 0 N–H and O–H groups in total. The summed E-state index contributed by atoms with van der Waals surface area (Å²) in [7, 11) is 0. The Hall–Kier alpha value is -1.73. The van der Waals surface area contributed by atoms with E-state index < -0.39 is 36.4 Å². The third-order valence-corrected chi connectivity index (χ3v) is 2.53. The molecule has 1 aliphatic carbocycles. The number of ether oxygens (including phenoxy) is 1. The molecule has 2 amide bonds. The van der Waals surface area contributed by atoms with Gasteiger partial charge >= 0.3 is 6.16 Å². The van der Waals surface area contributed by atoms with Crippen molar-refractivity contribution in [2.45, 2.75) is 25.2 Å². The molecule has 1 heterocycles. The van der Waals surface area contributed by atoms with E-state index in [4.69, 9.17) is 0 Å². The molecule has 0 aromatic carbocycles. The number of imide groups is 1. The molecule has 1 aliphatic heterocycles. The van der Waals surface area contributed by atoms with E-state index in [0.29, 0.717) is 5.06 Å². The number of rotatable bonds is 3. The Balaban J connectivity index is 1.74. The standard InChI is InChI=1S/C9H9F2NO5/c10-9(11)3-5(9)4-16-8(15)17-12-6(13)1-2-7(12)14/h5H,1-4H2. The van der Waals surface area contributed by atoms with Gasteiger partial charge in [-0.1, -0.05) is 5.06 Å². The van der Waals surface area contributed by atoms with Gasteiger partial charge in [-0.05, 0) is 0 Å². The molecule has 1 unspecified atom stereocenters. The lowest BCUT2D eigenvalue weighted by Gasteiger charge is -2.12. The minimum absolute atomic E-state index is 0.0349. The van der Waals surface area contributed by atoms with Gasteiger partial charge in [-0.25, -0.2) is 13.6 Å². The summed E-state index contributed by atoms with van der Waals surface area (Å²) in [6.45, 7) is -0.484. The summed E-state index contributed by atoms with van der Waals surface area (Å²) in [6.07, 6.45) is -1.72. The molecule has 2 aliphatic rings. The summed E-state index contributed by atoms with van der Waals surface area (Å²) in [5, 5.41) is 0.299. The number of hydrogen-bond donors (Lipinski definition) is 0. The van der Waals surface area contributed by atoms with Crippen LogP contribution in [0.25, 0.3) is 0 Å². The minimum atomic E-state index is -2.79. The van der Waals surface area contributed by atoms with Gasteiger partial charge in [-0.2, -0.15) is 0 Å². The van der Waals surface area contributed by atoms with Crippen LogP contribution in [0.2, 0.25) is 0 Å². The number of halogens is 2. The molecule has 0 spiro atoms. The number of hydrogen-bond acceptors (Lipinski definition) is 5. The zero-order chi connectivity index (χ0) is 12.6. The lowest BCUT2D eigenvalue weighted by atomic mass is 10.4. The van der Waals surface area contributed by atoms with Gasteiger partial charge in [0.05, 0.1) is 5.92 Å². The highest BCUT2D eigenvalue weighted by molar-refractivity contribution is 6.01. The van der Waals surface area contributed by atoms with Crippen molar-refractivity contribution >= 4 is 18.0 Å². The van der Waals surface area contributed by atoms with Crippen molar-refractivity contribution in [1.82, 2.24) is 5.06 Å². The monoisotopic (exact) mass is 249 g/mol. The van der Waals surface area contributed by atoms with Gasteiger partial charge in [0.15, 0.2) is 0 Å². The summed E-state index contributed by atoms with van der Waals surface area (Å²) in [6, 6.07) is 0. The maximum absolute atomic E-state index is 12.4. The van der Waals surface area contributed by atoms with Crippen LogP contribution in [0.1, 0.15) is 19.3 Å². The number of amides is 2. The van der Waals surface area contributed by atoms with E-state index in [9.17, 15) is 23.2 Å². The fraction of sp³-hybridized carbons (Fsp3) is 0.667. The Morgan fingerprint density at radius 2 is 1.88 bits per heavy atom. The van der Waals surface area contributed by atoms with E-state index in [0.717, 1.165) is 0 Å². The van der Waals surface area contributed by atoms with Crippen LogP contribution in [0.4, 0.5) is 13.6 Å². The third-order valence-electron chi connectivity index (χ3n) is 2.53. The smallest absolute Gasteiger partial charge is 0.432 e. The minimum Gasteiger partial charge on any atom is -0.432 e. The largest absolute Gasteiger partial charge is 0.533 e. The molecule has 1 saturated heterocycles. The van der Waals surface area contributed by atoms with Crippen molar-refractivity contribution in [2.24, 2.45) is 5.92 Å². The Kier molecular flexibility index (Phi) is 2.72. The van der Waals surface area contributed by atoms with E-state index >= 15 is 0 Å². The van der Waals surface area contributed by atoms with Crippen LogP contribution in [0.3, 0.4) is 0 Å². The van der Waals surface area contributed by atoms with Gasteiger partial charge in [0.1, 0.15) is 6.61 Å². The second-order valence-electron chi connectivity index (χ2n) is 3.90. The van der Waals surface area contributed by atoms with Crippen molar-refractivity contribution in [3.05, 3.63) is 0 Å². The Morgan fingerprint density at radius 3 is 2.35 bits per heavy atom. The first-order chi connectivity index (χ1) is 7.90. The van der Waals surface area contributed by atoms with Crippen LogP contribution in [-0.4, -0.2) is 35.6 Å². The van der Waals surface area contributed by atoms with Crippen molar-refractivity contribution in [1.29, 1.82) is 0 Å². The van der Waals surface area contributed by atoms with E-state index in [1.807, 2.05) is 0 Å². The fourth-order valence-electron chi connectivity index (χ4n) is 1.38. The highest BCUT2D eigenvalue weighted by Gasteiger charge is 2.57. The van der Waals surface area contributed by atoms with Gasteiger partial charge in [0.25, 0.3) is 17.7 Å². The maximum atomic E-state index is 12.4. The number of nitrogens with zero attached hydrogens (tertiary/aromatic N) is 1. The fourth-order valence-corrected chi connectivity index (χ4v) is 1.38. The normalized spacial score (nSPS) is 26.0. The number of carbonyl (C=O) groups excluding carboxylic acids is 3. The zero-order valence-electron chi connectivity index (χ0n) is 8.65. The van der Waals surface area contributed by atoms with Gasteiger partial charge in [-0.3, -0.25) is 14.4 Å². The van der Waals surface area contributed by atoms with E-state index in [1.54, 1.807) is 0 Å². The van der Waals surface area contributed by atoms with Crippen LogP contribution < -0.4 is 0 Å². The van der Waals surface area contributed by atoms with Gasteiger partial charge in [-0.15, -0.1) is 0 Å². The highest BCUT2D eigenvalue weighted by Crippen LogP contribution is 2.48. The second kappa shape index (κ2) is 3.94. The first-order valence-corrected chi connectivity index (χ1v) is 4.98. The average Bonchev–Trinajstić information content (AvgIpc) is 2.75. The molecule has 8 heteroatoms. The lowest BCUT2D eigenvalue weighted by Crippen LogP contribution is -2.32. The summed E-state index contributed by atoms with van der Waals surface area (Å²) < 4.78 is 29.2. The highest BCUT2D eigenvalue weighted by atomic mass is 19.3. The molecule has 1 saturated carbocycles. The topological polar surface area (TPSA) is 72.9 Å². The molecular formula is C9H9F2NO5. The van der Waals surface area contributed by atoms with Crippen molar-refractivity contribution in [3.8, 4) is 0 Å². The molecule has 0 radical (unpaired) electrons. The van der Waals surface area contributed by atoms with E-state index in [1.165, 1.54) is 0 Å². The predicted molar refractivity (Wildman–Crippen MR) is 46.6 cm³/mol. The SMILES string of the molecule is O=C(OCC1CC1(F)F)ON1C(=O)CCC1=O. The molecular weight excluding hydrogens is 240 g/mol. The van der Waals surface area contributed by atoms with Crippen LogP contribution in [0, 0.1) is 5.92 Å². The third kappa shape index (κ3) is 2.51. The predicted octanol–water partition coefficient (Wildman–Crippen LogP) is 0.859. The molecule has 1 atom stereocenters. The molecule has 94 valence electrons. The van der Waals surface area contributed by atoms with Crippen LogP contribution in [0.15, 0.2) is 0 Å². The first kappa shape index (κ1) is 11.7. The van der Waals surface area contributed by atoms with Crippen LogP contribution in [0.5, 0.6) is 0 Å². The van der Waals surface area contributed by atoms with Gasteiger partial charge in [0.2, 0.25) is 0 Å². The molecule has 0 bridgehead atoms. The average molecular weight is 249 g/mol. The summed E-state index contributed by atoms with van der Waals surface area (Å²) >= 11 is 0. The van der Waals surface area contributed by atoms with Crippen molar-refractivity contribution in [2.75, 3.05) is 6.61 Å². The van der Waals surface area contributed by atoms with E-state index in [2.05, 4.69) is 9.57 Å². The Labute approximate surface area is 94.4 Å². The van der Waals surface area contributed by atoms with Crippen LogP contribution >= 0.6 is 0 Å². The Morgan fingerprint density at radius 1 is 1.35 bits per heavy atom. The zero-order valence-corrected chi connectivity index (χ0v) is 8.65. The first-order valence-electron chi connectivity index (χ1n) is 4.98. The van der Waals surface area contributed by atoms with Crippen molar-refractivity contribution < 1.29 is 32.7 Å². The van der Waals surface area contributed by atoms with Crippen LogP contribution in [-0.2, 0) is 19.2 Å². The summed E-state index contributed by atoms with van der Waals surface area (Å²) in [5.74, 6) is -5.09. The molecule has 6 nitrogen and oxygen atoms in total. The lowest BCUT2D eigenvalue weighted by molar-refractivity contribution is -0.177. The molecule has 0 aromatic heterocycles.